The molecule has 2 heterocycles. The van der Waals surface area contributed by atoms with Crippen molar-refractivity contribution < 1.29 is 19.1 Å². The molecule has 2 aliphatic rings. The van der Waals surface area contributed by atoms with Crippen molar-refractivity contribution in [3.63, 3.8) is 0 Å². The maximum absolute atomic E-state index is 12.6. The predicted octanol–water partition coefficient (Wildman–Crippen LogP) is 4.56. The second-order valence-electron chi connectivity index (χ2n) is 7.42. The summed E-state index contributed by atoms with van der Waals surface area (Å²) in [5.41, 5.74) is 0.867. The molecule has 1 fully saturated rings. The van der Waals surface area contributed by atoms with Crippen LogP contribution in [0.5, 0.6) is 11.5 Å². The SMILES string of the molecule is CC(=O)N1CCN(C(=O)CSCC2=C(c3ccccc3)Oc3cc(Cl)c(Cl)cc3O2)CC1. The minimum atomic E-state index is 0.0444. The third-order valence-corrected chi connectivity index (χ3v) is 6.90. The van der Waals surface area contributed by atoms with E-state index in [-0.39, 0.29) is 11.8 Å². The summed E-state index contributed by atoms with van der Waals surface area (Å²) in [5.74, 6) is 3.03. The highest BCUT2D eigenvalue weighted by Crippen LogP contribution is 2.43. The lowest BCUT2D eigenvalue weighted by atomic mass is 10.1. The average molecular weight is 493 g/mol. The molecule has 0 radical (unpaired) electrons. The quantitative estimate of drug-likeness (QED) is 0.612. The Balaban J connectivity index is 1.44. The summed E-state index contributed by atoms with van der Waals surface area (Å²) in [6, 6.07) is 12.9. The number of nitrogens with zero attached hydrogens (tertiary/aromatic N) is 2. The number of piperazine rings is 1. The first-order chi connectivity index (χ1) is 15.4. The molecular formula is C23H22Cl2N2O4S. The van der Waals surface area contributed by atoms with Crippen LogP contribution in [0.1, 0.15) is 12.5 Å². The molecule has 0 spiro atoms. The van der Waals surface area contributed by atoms with E-state index in [4.69, 9.17) is 32.7 Å². The van der Waals surface area contributed by atoms with Crippen molar-refractivity contribution in [1.29, 1.82) is 0 Å². The Morgan fingerprint density at radius 2 is 1.53 bits per heavy atom. The van der Waals surface area contributed by atoms with Gasteiger partial charge in [-0.05, 0) is 0 Å². The molecule has 1 saturated heterocycles. The van der Waals surface area contributed by atoms with E-state index in [1.54, 1.807) is 28.9 Å². The van der Waals surface area contributed by atoms with Gasteiger partial charge in [-0.3, -0.25) is 9.59 Å². The van der Waals surface area contributed by atoms with Crippen molar-refractivity contribution in [2.45, 2.75) is 6.92 Å². The van der Waals surface area contributed by atoms with Crippen LogP contribution in [-0.4, -0.2) is 59.3 Å². The van der Waals surface area contributed by atoms with Crippen LogP contribution in [-0.2, 0) is 9.59 Å². The number of halogens is 2. The zero-order chi connectivity index (χ0) is 22.7. The van der Waals surface area contributed by atoms with E-state index in [0.29, 0.717) is 70.7 Å². The Hall–Kier alpha value is -2.35. The van der Waals surface area contributed by atoms with Gasteiger partial charge in [-0.1, -0.05) is 53.5 Å². The largest absolute Gasteiger partial charge is 0.453 e. The van der Waals surface area contributed by atoms with Crippen molar-refractivity contribution in [3.05, 3.63) is 63.8 Å². The van der Waals surface area contributed by atoms with E-state index in [9.17, 15) is 9.59 Å². The Bertz CT molecular complexity index is 1050. The molecule has 0 aromatic heterocycles. The highest BCUT2D eigenvalue weighted by atomic mass is 35.5. The van der Waals surface area contributed by atoms with Gasteiger partial charge in [-0.25, -0.2) is 0 Å². The third-order valence-electron chi connectivity index (χ3n) is 5.26. The Morgan fingerprint density at radius 1 is 0.938 bits per heavy atom. The van der Waals surface area contributed by atoms with Gasteiger partial charge in [0.15, 0.2) is 23.0 Å². The van der Waals surface area contributed by atoms with E-state index < -0.39 is 0 Å². The van der Waals surface area contributed by atoms with E-state index in [1.807, 2.05) is 30.3 Å². The number of amides is 2. The molecule has 0 atom stereocenters. The topological polar surface area (TPSA) is 59.1 Å². The van der Waals surface area contributed by atoms with Crippen molar-refractivity contribution in [2.75, 3.05) is 37.7 Å². The van der Waals surface area contributed by atoms with Crippen molar-refractivity contribution in [1.82, 2.24) is 9.80 Å². The summed E-state index contributed by atoms with van der Waals surface area (Å²) in [4.78, 5) is 27.7. The van der Waals surface area contributed by atoms with Gasteiger partial charge in [0.05, 0.1) is 21.6 Å². The number of carbonyl (C=O) groups excluding carboxylic acids is 2. The van der Waals surface area contributed by atoms with Gasteiger partial charge in [0.1, 0.15) is 0 Å². The van der Waals surface area contributed by atoms with Gasteiger partial charge < -0.3 is 19.3 Å². The van der Waals surface area contributed by atoms with Gasteiger partial charge in [-0.15, -0.1) is 11.8 Å². The fraction of sp³-hybridized carbons (Fsp3) is 0.304. The minimum absolute atomic E-state index is 0.0444. The lowest BCUT2D eigenvalue weighted by Gasteiger charge is -2.34. The monoisotopic (exact) mass is 492 g/mol. The van der Waals surface area contributed by atoms with Crippen LogP contribution < -0.4 is 9.47 Å². The van der Waals surface area contributed by atoms with Crippen LogP contribution in [0.3, 0.4) is 0 Å². The third kappa shape index (κ3) is 5.17. The second kappa shape index (κ2) is 10.1. The number of rotatable bonds is 5. The first kappa shape index (κ1) is 22.8. The average Bonchev–Trinajstić information content (AvgIpc) is 2.80. The van der Waals surface area contributed by atoms with E-state index >= 15 is 0 Å². The fourth-order valence-electron chi connectivity index (χ4n) is 3.51. The summed E-state index contributed by atoms with van der Waals surface area (Å²) in [6.45, 7) is 3.82. The smallest absolute Gasteiger partial charge is 0.232 e. The first-order valence-corrected chi connectivity index (χ1v) is 12.1. The van der Waals surface area contributed by atoms with Crippen LogP contribution in [0.15, 0.2) is 48.2 Å². The summed E-state index contributed by atoms with van der Waals surface area (Å²) in [6.07, 6.45) is 0. The second-order valence-corrected chi connectivity index (χ2v) is 9.22. The van der Waals surface area contributed by atoms with Crippen molar-refractivity contribution >= 4 is 52.5 Å². The van der Waals surface area contributed by atoms with Crippen LogP contribution in [0, 0.1) is 0 Å². The number of benzene rings is 2. The Labute approximate surface area is 201 Å². The zero-order valence-corrected chi connectivity index (χ0v) is 19.8. The number of carbonyl (C=O) groups is 2. The molecule has 32 heavy (non-hydrogen) atoms. The summed E-state index contributed by atoms with van der Waals surface area (Å²) in [7, 11) is 0. The lowest BCUT2D eigenvalue weighted by Crippen LogP contribution is -2.50. The molecular weight excluding hydrogens is 471 g/mol. The number of ether oxygens (including phenoxy) is 2. The van der Waals surface area contributed by atoms with Gasteiger partial charge in [0.2, 0.25) is 11.8 Å². The molecule has 0 unspecified atom stereocenters. The highest BCUT2D eigenvalue weighted by Gasteiger charge is 2.26. The van der Waals surface area contributed by atoms with Gasteiger partial charge in [0, 0.05) is 50.8 Å². The van der Waals surface area contributed by atoms with Crippen molar-refractivity contribution in [2.24, 2.45) is 0 Å². The van der Waals surface area contributed by atoms with Crippen LogP contribution in [0.25, 0.3) is 5.76 Å². The standard InChI is InChI=1S/C23H22Cl2N2O4S/c1-15(28)26-7-9-27(10-8-26)22(29)14-32-13-21-23(16-5-3-2-4-6-16)31-20-12-18(25)17(24)11-19(20)30-21/h2-6,11-12H,7-10,13-14H2,1H3. The number of hydrogen-bond donors (Lipinski definition) is 0. The van der Waals surface area contributed by atoms with Crippen LogP contribution in [0.4, 0.5) is 0 Å². The van der Waals surface area contributed by atoms with Gasteiger partial charge in [-0.2, -0.15) is 0 Å². The Kier molecular flexibility index (Phi) is 7.18. The summed E-state index contributed by atoms with van der Waals surface area (Å²) < 4.78 is 12.3. The molecule has 0 N–H and O–H groups in total. The molecule has 0 bridgehead atoms. The Morgan fingerprint density at radius 3 is 2.16 bits per heavy atom. The van der Waals surface area contributed by atoms with Crippen LogP contribution in [0.2, 0.25) is 10.0 Å². The molecule has 2 aliphatic heterocycles. The molecule has 9 heteroatoms. The maximum atomic E-state index is 12.6. The first-order valence-electron chi connectivity index (χ1n) is 10.2. The summed E-state index contributed by atoms with van der Waals surface area (Å²) in [5, 5.41) is 0.763. The molecule has 2 aromatic rings. The lowest BCUT2D eigenvalue weighted by molar-refractivity contribution is -0.136. The molecule has 2 amide bonds. The van der Waals surface area contributed by atoms with E-state index in [0.717, 1.165) is 5.56 Å². The van der Waals surface area contributed by atoms with E-state index in [2.05, 4.69) is 0 Å². The number of fused-ring (bicyclic) bond motifs is 1. The molecule has 2 aromatic carbocycles. The highest BCUT2D eigenvalue weighted by molar-refractivity contribution is 8.00. The predicted molar refractivity (Wildman–Crippen MR) is 127 cm³/mol. The minimum Gasteiger partial charge on any atom is -0.453 e. The number of thioether (sulfide) groups is 1. The fourth-order valence-corrected chi connectivity index (χ4v) is 4.66. The van der Waals surface area contributed by atoms with Crippen LogP contribution >= 0.6 is 35.0 Å². The normalized spacial score (nSPS) is 15.7. The molecule has 4 rings (SSSR count). The molecule has 0 saturated carbocycles. The number of hydrogen-bond acceptors (Lipinski definition) is 5. The van der Waals surface area contributed by atoms with Gasteiger partial charge >= 0.3 is 0 Å². The van der Waals surface area contributed by atoms with Gasteiger partial charge in [0.25, 0.3) is 0 Å². The molecule has 0 aliphatic carbocycles. The van der Waals surface area contributed by atoms with E-state index in [1.165, 1.54) is 11.8 Å². The maximum Gasteiger partial charge on any atom is 0.232 e. The zero-order valence-electron chi connectivity index (χ0n) is 17.5. The van der Waals surface area contributed by atoms with Crippen molar-refractivity contribution in [3.8, 4) is 11.5 Å². The molecule has 168 valence electrons. The summed E-state index contributed by atoms with van der Waals surface area (Å²) >= 11 is 13.7. The molecule has 6 nitrogen and oxygen atoms in total.